The fourth-order valence-corrected chi connectivity index (χ4v) is 2.51. The Hall–Kier alpha value is -3.55. The van der Waals surface area contributed by atoms with Crippen molar-refractivity contribution in [2.24, 2.45) is 0 Å². The molecule has 1 aliphatic rings. The van der Waals surface area contributed by atoms with Gasteiger partial charge in [-0.25, -0.2) is 0 Å². The lowest BCUT2D eigenvalue weighted by Crippen LogP contribution is -2.04. The number of benzene rings is 2. The van der Waals surface area contributed by atoms with E-state index in [9.17, 15) is 0 Å². The van der Waals surface area contributed by atoms with Crippen LogP contribution in [0, 0.1) is 0 Å². The fraction of sp³-hybridized carbons (Fsp3) is 0.167. The summed E-state index contributed by atoms with van der Waals surface area (Å²) in [6.07, 6.45) is 1.55. The van der Waals surface area contributed by atoms with Gasteiger partial charge in [0.15, 0.2) is 17.3 Å². The lowest BCUT2D eigenvalue weighted by Gasteiger charge is -2.11. The summed E-state index contributed by atoms with van der Waals surface area (Å²) in [7, 11) is 0. The van der Waals surface area contributed by atoms with Crippen LogP contribution in [-0.4, -0.2) is 28.6 Å². The number of fused-ring (bicyclic) bond motifs is 1. The van der Waals surface area contributed by atoms with Crippen molar-refractivity contribution in [3.63, 3.8) is 0 Å². The van der Waals surface area contributed by atoms with Gasteiger partial charge in [-0.15, -0.1) is 5.10 Å². The number of ether oxygens (including phenoxy) is 3. The Balaban J connectivity index is 1.52. The van der Waals surface area contributed by atoms with E-state index in [2.05, 4.69) is 25.8 Å². The first-order valence-corrected chi connectivity index (χ1v) is 8.17. The predicted octanol–water partition coefficient (Wildman–Crippen LogP) is 3.49. The molecule has 26 heavy (non-hydrogen) atoms. The van der Waals surface area contributed by atoms with Gasteiger partial charge in [-0.2, -0.15) is 10.1 Å². The molecule has 2 heterocycles. The molecular weight excluding hydrogens is 334 g/mol. The minimum Gasteiger partial charge on any atom is -0.492 e. The van der Waals surface area contributed by atoms with E-state index in [-0.39, 0.29) is 6.79 Å². The van der Waals surface area contributed by atoms with E-state index < -0.39 is 0 Å². The van der Waals surface area contributed by atoms with Gasteiger partial charge in [0.25, 0.3) is 0 Å². The predicted molar refractivity (Wildman–Crippen MR) is 96.6 cm³/mol. The van der Waals surface area contributed by atoms with E-state index >= 15 is 0 Å². The lowest BCUT2D eigenvalue weighted by molar-refractivity contribution is 0.174. The van der Waals surface area contributed by atoms with Gasteiger partial charge in [0.2, 0.25) is 12.7 Å². The summed E-state index contributed by atoms with van der Waals surface area (Å²) >= 11 is 0. The smallest absolute Gasteiger partial charge is 0.249 e. The average Bonchev–Trinajstić information content (AvgIpc) is 3.12. The maximum atomic E-state index is 5.60. The van der Waals surface area contributed by atoms with E-state index in [4.69, 9.17) is 14.2 Å². The third-order valence-corrected chi connectivity index (χ3v) is 3.64. The van der Waals surface area contributed by atoms with Gasteiger partial charge >= 0.3 is 0 Å². The Morgan fingerprint density at radius 1 is 1.08 bits per heavy atom. The highest BCUT2D eigenvalue weighted by atomic mass is 16.7. The fourth-order valence-electron chi connectivity index (χ4n) is 2.51. The van der Waals surface area contributed by atoms with Gasteiger partial charge in [0.05, 0.1) is 18.5 Å². The van der Waals surface area contributed by atoms with E-state index in [0.29, 0.717) is 24.1 Å². The number of hydrogen-bond donors (Lipinski definition) is 2. The Labute approximate surface area is 150 Å². The van der Waals surface area contributed by atoms with Crippen LogP contribution < -0.4 is 24.8 Å². The Bertz CT molecular complexity index is 919. The summed E-state index contributed by atoms with van der Waals surface area (Å²) in [5.74, 6) is 3.07. The first kappa shape index (κ1) is 15.9. The average molecular weight is 351 g/mol. The summed E-state index contributed by atoms with van der Waals surface area (Å²) < 4.78 is 16.3. The molecule has 4 rings (SSSR count). The monoisotopic (exact) mass is 351 g/mol. The van der Waals surface area contributed by atoms with Gasteiger partial charge < -0.3 is 24.8 Å². The molecule has 8 heteroatoms. The molecule has 0 saturated heterocycles. The van der Waals surface area contributed by atoms with Crippen molar-refractivity contribution >= 4 is 23.1 Å². The standard InChI is InChI=1S/C18H17N5O3/c1-2-24-14-6-4-3-5-13(14)21-18-22-17(10-19-23-18)20-12-7-8-15-16(9-12)26-11-25-15/h3-10H,2,11H2,1H3,(H2,20,21,22,23). The van der Waals surface area contributed by atoms with Crippen LogP contribution in [0.1, 0.15) is 6.92 Å². The van der Waals surface area contributed by atoms with Crippen LogP contribution >= 0.6 is 0 Å². The van der Waals surface area contributed by atoms with Crippen molar-refractivity contribution in [2.45, 2.75) is 6.92 Å². The molecule has 0 radical (unpaired) electrons. The van der Waals surface area contributed by atoms with E-state index in [1.165, 1.54) is 0 Å². The van der Waals surface area contributed by atoms with Crippen molar-refractivity contribution in [1.82, 2.24) is 15.2 Å². The van der Waals surface area contributed by atoms with Crippen molar-refractivity contribution in [1.29, 1.82) is 0 Å². The molecule has 1 aliphatic heterocycles. The zero-order chi connectivity index (χ0) is 17.8. The number of nitrogens with one attached hydrogen (secondary N) is 2. The first-order valence-electron chi connectivity index (χ1n) is 8.17. The second-order valence-corrected chi connectivity index (χ2v) is 5.41. The van der Waals surface area contributed by atoms with Gasteiger partial charge in [-0.1, -0.05) is 12.1 Å². The van der Waals surface area contributed by atoms with E-state index in [1.807, 2.05) is 49.4 Å². The minimum absolute atomic E-state index is 0.237. The summed E-state index contributed by atoms with van der Waals surface area (Å²) in [4.78, 5) is 4.43. The quantitative estimate of drug-likeness (QED) is 0.697. The molecule has 3 aromatic rings. The Morgan fingerprint density at radius 2 is 1.96 bits per heavy atom. The molecule has 0 aliphatic carbocycles. The van der Waals surface area contributed by atoms with Gasteiger partial charge in [0, 0.05) is 11.8 Å². The first-order chi connectivity index (χ1) is 12.8. The molecule has 0 bridgehead atoms. The van der Waals surface area contributed by atoms with Crippen LogP contribution in [0.15, 0.2) is 48.7 Å². The maximum absolute atomic E-state index is 5.60. The number of hydrogen-bond acceptors (Lipinski definition) is 8. The second-order valence-electron chi connectivity index (χ2n) is 5.41. The summed E-state index contributed by atoms with van der Waals surface area (Å²) in [6, 6.07) is 13.2. The Kier molecular flexibility index (Phi) is 4.38. The highest BCUT2D eigenvalue weighted by Crippen LogP contribution is 2.35. The van der Waals surface area contributed by atoms with E-state index in [0.717, 1.165) is 22.9 Å². The lowest BCUT2D eigenvalue weighted by atomic mass is 10.3. The largest absolute Gasteiger partial charge is 0.492 e. The van der Waals surface area contributed by atoms with Crippen LogP contribution in [0.4, 0.5) is 23.1 Å². The molecule has 0 atom stereocenters. The molecule has 2 N–H and O–H groups in total. The van der Waals surface area contributed by atoms with Gasteiger partial charge in [0.1, 0.15) is 5.75 Å². The SMILES string of the molecule is CCOc1ccccc1Nc1nncc(Nc2ccc3c(c2)OCO3)n1. The second kappa shape index (κ2) is 7.14. The number of aromatic nitrogens is 3. The molecule has 2 aromatic carbocycles. The number of nitrogens with zero attached hydrogens (tertiary/aromatic N) is 3. The zero-order valence-electron chi connectivity index (χ0n) is 14.1. The summed E-state index contributed by atoms with van der Waals surface area (Å²) in [6.45, 7) is 2.75. The van der Waals surface area contributed by atoms with E-state index in [1.54, 1.807) is 6.20 Å². The molecular formula is C18H17N5O3. The normalized spacial score (nSPS) is 11.9. The molecule has 132 valence electrons. The molecule has 0 amide bonds. The Morgan fingerprint density at radius 3 is 2.88 bits per heavy atom. The van der Waals surface area contributed by atoms with Crippen molar-refractivity contribution in [3.8, 4) is 17.2 Å². The topological polar surface area (TPSA) is 90.4 Å². The summed E-state index contributed by atoms with van der Waals surface area (Å²) in [5.41, 5.74) is 1.59. The third kappa shape index (κ3) is 3.44. The van der Waals surface area contributed by atoms with Gasteiger partial charge in [-0.05, 0) is 31.2 Å². The minimum atomic E-state index is 0.237. The molecule has 8 nitrogen and oxygen atoms in total. The number of rotatable bonds is 6. The van der Waals surface area contributed by atoms with Crippen LogP contribution in [0.3, 0.4) is 0 Å². The van der Waals surface area contributed by atoms with Crippen molar-refractivity contribution < 1.29 is 14.2 Å². The molecule has 0 spiro atoms. The number of para-hydroxylation sites is 2. The molecule has 1 aromatic heterocycles. The highest BCUT2D eigenvalue weighted by molar-refractivity contribution is 5.65. The molecule has 0 saturated carbocycles. The molecule has 0 fully saturated rings. The van der Waals surface area contributed by atoms with Crippen LogP contribution in [0.25, 0.3) is 0 Å². The highest BCUT2D eigenvalue weighted by Gasteiger charge is 2.13. The van der Waals surface area contributed by atoms with Crippen molar-refractivity contribution in [3.05, 3.63) is 48.7 Å². The van der Waals surface area contributed by atoms with Crippen LogP contribution in [0.2, 0.25) is 0 Å². The van der Waals surface area contributed by atoms with Crippen molar-refractivity contribution in [2.75, 3.05) is 24.0 Å². The maximum Gasteiger partial charge on any atom is 0.249 e. The molecule has 0 unspecified atom stereocenters. The van der Waals surface area contributed by atoms with Crippen LogP contribution in [0.5, 0.6) is 17.2 Å². The number of anilines is 4. The van der Waals surface area contributed by atoms with Gasteiger partial charge in [-0.3, -0.25) is 0 Å². The van der Waals surface area contributed by atoms with Crippen LogP contribution in [-0.2, 0) is 0 Å². The summed E-state index contributed by atoms with van der Waals surface area (Å²) in [5, 5.41) is 14.3. The zero-order valence-corrected chi connectivity index (χ0v) is 14.1. The third-order valence-electron chi connectivity index (χ3n) is 3.64.